The molecule has 3 heterocycles. The number of esters is 1. The van der Waals surface area contributed by atoms with Gasteiger partial charge in [0.1, 0.15) is 17.9 Å². The van der Waals surface area contributed by atoms with Crippen LogP contribution in [0.3, 0.4) is 0 Å². The molecule has 0 radical (unpaired) electrons. The minimum atomic E-state index is -0.375. The van der Waals surface area contributed by atoms with Crippen molar-refractivity contribution in [3.05, 3.63) is 48.8 Å². The van der Waals surface area contributed by atoms with Crippen LogP contribution in [0.1, 0.15) is 13.8 Å². The SMILES string of the molecule is CC(C)OC(=O)Cn1nc(-c2ccccn2)nc1-c1ccccn1. The number of ether oxygens (including phenoxy) is 1. The van der Waals surface area contributed by atoms with E-state index in [-0.39, 0.29) is 18.6 Å². The summed E-state index contributed by atoms with van der Waals surface area (Å²) < 4.78 is 6.69. The van der Waals surface area contributed by atoms with Gasteiger partial charge in [0.15, 0.2) is 11.6 Å². The fourth-order valence-electron chi connectivity index (χ4n) is 2.16. The Labute approximate surface area is 139 Å². The number of hydrogen-bond donors (Lipinski definition) is 0. The van der Waals surface area contributed by atoms with Gasteiger partial charge in [-0.05, 0) is 38.1 Å². The first kappa shape index (κ1) is 15.8. The Balaban J connectivity index is 1.99. The van der Waals surface area contributed by atoms with E-state index in [2.05, 4.69) is 20.1 Å². The number of rotatable bonds is 5. The first-order chi connectivity index (χ1) is 11.6. The van der Waals surface area contributed by atoms with Gasteiger partial charge in [-0.1, -0.05) is 12.1 Å². The average molecular weight is 323 g/mol. The van der Waals surface area contributed by atoms with E-state index in [4.69, 9.17) is 4.74 Å². The van der Waals surface area contributed by atoms with Crippen LogP contribution in [0, 0.1) is 0 Å². The van der Waals surface area contributed by atoms with E-state index in [1.165, 1.54) is 4.68 Å². The van der Waals surface area contributed by atoms with Gasteiger partial charge in [0.25, 0.3) is 0 Å². The summed E-state index contributed by atoms with van der Waals surface area (Å²) >= 11 is 0. The van der Waals surface area contributed by atoms with Crippen molar-refractivity contribution in [1.29, 1.82) is 0 Å². The maximum absolute atomic E-state index is 12.0. The molecule has 24 heavy (non-hydrogen) atoms. The molecule has 0 spiro atoms. The van der Waals surface area contributed by atoms with Gasteiger partial charge in [-0.25, -0.2) is 9.67 Å². The zero-order chi connectivity index (χ0) is 16.9. The highest BCUT2D eigenvalue weighted by molar-refractivity contribution is 5.70. The van der Waals surface area contributed by atoms with Crippen molar-refractivity contribution >= 4 is 5.97 Å². The lowest BCUT2D eigenvalue weighted by Crippen LogP contribution is -2.19. The Morgan fingerprint density at radius 1 is 1.08 bits per heavy atom. The Morgan fingerprint density at radius 2 is 1.75 bits per heavy atom. The molecule has 0 saturated heterocycles. The van der Waals surface area contributed by atoms with E-state index in [1.54, 1.807) is 26.2 Å². The molecule has 3 aromatic heterocycles. The molecule has 7 heteroatoms. The Bertz CT molecular complexity index is 816. The predicted octanol–water partition coefficient (Wildman–Crippen LogP) is 2.35. The molecule has 0 aliphatic heterocycles. The molecule has 0 aliphatic rings. The largest absolute Gasteiger partial charge is 0.462 e. The van der Waals surface area contributed by atoms with E-state index < -0.39 is 0 Å². The molecule has 0 amide bonds. The number of hydrogen-bond acceptors (Lipinski definition) is 6. The number of carbonyl (C=O) groups is 1. The molecule has 0 aliphatic carbocycles. The van der Waals surface area contributed by atoms with Gasteiger partial charge in [-0.2, -0.15) is 0 Å². The Morgan fingerprint density at radius 3 is 2.33 bits per heavy atom. The molecule has 7 nitrogen and oxygen atoms in total. The smallest absolute Gasteiger partial charge is 0.328 e. The van der Waals surface area contributed by atoms with Gasteiger partial charge in [-0.15, -0.1) is 5.10 Å². The Hall–Kier alpha value is -3.09. The van der Waals surface area contributed by atoms with E-state index in [0.29, 0.717) is 23.0 Å². The number of nitrogens with zero attached hydrogens (tertiary/aromatic N) is 5. The average Bonchev–Trinajstić information content (AvgIpc) is 2.99. The van der Waals surface area contributed by atoms with Crippen molar-refractivity contribution in [2.75, 3.05) is 0 Å². The summed E-state index contributed by atoms with van der Waals surface area (Å²) in [7, 11) is 0. The highest BCUT2D eigenvalue weighted by atomic mass is 16.5. The summed E-state index contributed by atoms with van der Waals surface area (Å²) in [6.45, 7) is 3.57. The Kier molecular flexibility index (Phi) is 4.60. The van der Waals surface area contributed by atoms with Gasteiger partial charge < -0.3 is 4.74 Å². The molecular formula is C17H17N5O2. The zero-order valence-electron chi connectivity index (χ0n) is 13.5. The standard InChI is InChI=1S/C17H17N5O2/c1-12(2)24-15(23)11-22-17(14-8-4-6-10-19-14)20-16(21-22)13-7-3-5-9-18-13/h3-10,12H,11H2,1-2H3. The normalized spacial score (nSPS) is 10.8. The van der Waals surface area contributed by atoms with E-state index in [1.807, 2.05) is 36.4 Å². The number of carbonyl (C=O) groups excluding carboxylic acids is 1. The van der Waals surface area contributed by atoms with Crippen molar-refractivity contribution in [2.24, 2.45) is 0 Å². The van der Waals surface area contributed by atoms with Crippen molar-refractivity contribution in [3.8, 4) is 23.0 Å². The van der Waals surface area contributed by atoms with Crippen LogP contribution >= 0.6 is 0 Å². The lowest BCUT2D eigenvalue weighted by Gasteiger charge is -2.08. The second-order valence-corrected chi connectivity index (χ2v) is 5.39. The number of aromatic nitrogens is 5. The van der Waals surface area contributed by atoms with Crippen molar-refractivity contribution in [1.82, 2.24) is 24.7 Å². The summed E-state index contributed by atoms with van der Waals surface area (Å²) in [5.41, 5.74) is 1.26. The molecule has 0 bridgehead atoms. The molecule has 0 saturated carbocycles. The second-order valence-electron chi connectivity index (χ2n) is 5.39. The van der Waals surface area contributed by atoms with Crippen LogP contribution in [-0.2, 0) is 16.1 Å². The summed E-state index contributed by atoms with van der Waals surface area (Å²) in [6.07, 6.45) is 3.15. The monoisotopic (exact) mass is 323 g/mol. The van der Waals surface area contributed by atoms with Crippen molar-refractivity contribution in [3.63, 3.8) is 0 Å². The summed E-state index contributed by atoms with van der Waals surface area (Å²) in [5.74, 6) is 0.560. The molecule has 122 valence electrons. The second kappa shape index (κ2) is 6.99. The fraction of sp³-hybridized carbons (Fsp3) is 0.235. The highest BCUT2D eigenvalue weighted by Crippen LogP contribution is 2.19. The molecular weight excluding hydrogens is 306 g/mol. The van der Waals surface area contributed by atoms with Crippen LogP contribution in [0.15, 0.2) is 48.8 Å². The maximum atomic E-state index is 12.0. The third kappa shape index (κ3) is 3.62. The number of pyridine rings is 2. The maximum Gasteiger partial charge on any atom is 0.328 e. The zero-order valence-corrected chi connectivity index (χ0v) is 13.5. The van der Waals surface area contributed by atoms with E-state index >= 15 is 0 Å². The summed E-state index contributed by atoms with van der Waals surface area (Å²) in [6, 6.07) is 11.0. The highest BCUT2D eigenvalue weighted by Gasteiger charge is 2.18. The molecule has 0 fully saturated rings. The molecule has 0 N–H and O–H groups in total. The fourth-order valence-corrected chi connectivity index (χ4v) is 2.16. The van der Waals surface area contributed by atoms with E-state index in [9.17, 15) is 4.79 Å². The van der Waals surface area contributed by atoms with Crippen molar-refractivity contribution in [2.45, 2.75) is 26.5 Å². The predicted molar refractivity (Wildman–Crippen MR) is 87.7 cm³/mol. The van der Waals surface area contributed by atoms with Crippen LogP contribution in [0.25, 0.3) is 23.0 Å². The topological polar surface area (TPSA) is 82.8 Å². The first-order valence-corrected chi connectivity index (χ1v) is 7.60. The van der Waals surface area contributed by atoms with E-state index in [0.717, 1.165) is 0 Å². The van der Waals surface area contributed by atoms with Crippen LogP contribution in [0.2, 0.25) is 0 Å². The summed E-state index contributed by atoms with van der Waals surface area (Å²) in [5, 5.41) is 4.41. The third-order valence-corrected chi connectivity index (χ3v) is 3.11. The van der Waals surface area contributed by atoms with Crippen molar-refractivity contribution < 1.29 is 9.53 Å². The van der Waals surface area contributed by atoms with Crippen LogP contribution in [0.4, 0.5) is 0 Å². The van der Waals surface area contributed by atoms with Gasteiger partial charge >= 0.3 is 5.97 Å². The third-order valence-electron chi connectivity index (χ3n) is 3.11. The van der Waals surface area contributed by atoms with Gasteiger partial charge in [-0.3, -0.25) is 14.8 Å². The molecule has 0 atom stereocenters. The lowest BCUT2D eigenvalue weighted by atomic mass is 10.3. The van der Waals surface area contributed by atoms with Crippen LogP contribution < -0.4 is 0 Å². The van der Waals surface area contributed by atoms with Gasteiger partial charge in [0, 0.05) is 12.4 Å². The molecule has 3 aromatic rings. The molecule has 0 aromatic carbocycles. The van der Waals surface area contributed by atoms with Gasteiger partial charge in [0.2, 0.25) is 0 Å². The van der Waals surface area contributed by atoms with Crippen LogP contribution in [-0.4, -0.2) is 36.8 Å². The lowest BCUT2D eigenvalue weighted by molar-refractivity contribution is -0.148. The summed E-state index contributed by atoms with van der Waals surface area (Å²) in [4.78, 5) is 25.0. The van der Waals surface area contributed by atoms with Crippen LogP contribution in [0.5, 0.6) is 0 Å². The molecule has 0 unspecified atom stereocenters. The first-order valence-electron chi connectivity index (χ1n) is 7.60. The van der Waals surface area contributed by atoms with Gasteiger partial charge in [0.05, 0.1) is 6.10 Å². The molecule has 3 rings (SSSR count). The minimum Gasteiger partial charge on any atom is -0.462 e. The minimum absolute atomic E-state index is 0.0378. The quantitative estimate of drug-likeness (QED) is 0.670.